The van der Waals surface area contributed by atoms with Crippen LogP contribution in [0.1, 0.15) is 73.4 Å². The van der Waals surface area contributed by atoms with Crippen molar-refractivity contribution in [1.82, 2.24) is 36.5 Å². The average molecular weight is 1250 g/mol. The monoisotopic (exact) mass is 1250 g/mol. The Hall–Kier alpha value is -7.53. The molecule has 1 fully saturated rings. The number of unbranched alkanes of at least 4 members (excludes halogenated alkanes) is 2. The standard InChI is InChI=1S/C57H71Cl2F3N10O14/c1-2-82-27-29-84-37-52(76)67-43(36-73)9-5-7-20-64-55(79)46(11-6-8-19-63-50(74)33-51(75)68-45-10-3-4-12-49(45)86-56-44(59)32-41(34-66-56)57(60,61)62)69-53(77)38-85-30-28-83-26-21-65-54(78)40-15-18-47(48(31-40)72(80)81)71-24-22-70(23-25-71)35-39-13-16-42(58)17-14-39/h3-4,10,12-18,31-32,34,36,43,46H,2,5-9,11,19-30,33,35,37-38H2,1H3,(H,63,74)(H,64,79)(H,65,78)(H,67,76)(H,68,75)(H,69,77). The molecule has 1 aliphatic heterocycles. The van der Waals surface area contributed by atoms with Gasteiger partial charge in [0.2, 0.25) is 35.4 Å². The van der Waals surface area contributed by atoms with Crippen molar-refractivity contribution >= 4 is 82.0 Å². The van der Waals surface area contributed by atoms with E-state index in [1.165, 1.54) is 30.3 Å². The predicted octanol–water partition coefficient (Wildman–Crippen LogP) is 6.02. The van der Waals surface area contributed by atoms with Crippen LogP contribution in [0.25, 0.3) is 0 Å². The van der Waals surface area contributed by atoms with Crippen LogP contribution in [0.5, 0.6) is 11.6 Å². The average Bonchev–Trinajstić information content (AvgIpc) is 1.69. The summed E-state index contributed by atoms with van der Waals surface area (Å²) in [5, 5.41) is 28.2. The van der Waals surface area contributed by atoms with Gasteiger partial charge in [0.25, 0.3) is 11.6 Å². The summed E-state index contributed by atoms with van der Waals surface area (Å²) >= 11 is 12.0. The highest BCUT2D eigenvalue weighted by atomic mass is 35.5. The molecule has 0 bridgehead atoms. The van der Waals surface area contributed by atoms with Gasteiger partial charge in [-0.05, 0) is 93.5 Å². The molecule has 1 aliphatic rings. The van der Waals surface area contributed by atoms with Gasteiger partial charge < -0.3 is 65.3 Å². The van der Waals surface area contributed by atoms with Gasteiger partial charge in [0.1, 0.15) is 42.7 Å². The third kappa shape index (κ3) is 25.2. The number of alkyl halides is 3. The van der Waals surface area contributed by atoms with Crippen LogP contribution in [-0.4, -0.2) is 167 Å². The number of carbonyl (C=O) groups is 7. The zero-order chi connectivity index (χ0) is 62.3. The lowest BCUT2D eigenvalue weighted by Gasteiger charge is -2.35. The number of piperazine rings is 1. The van der Waals surface area contributed by atoms with Gasteiger partial charge in [0, 0.05) is 81.8 Å². The second kappa shape index (κ2) is 37.1. The number of aromatic nitrogens is 1. The van der Waals surface area contributed by atoms with E-state index in [4.69, 9.17) is 46.9 Å². The van der Waals surface area contributed by atoms with Crippen LogP contribution in [0, 0.1) is 10.1 Å². The van der Waals surface area contributed by atoms with Crippen LogP contribution >= 0.6 is 23.2 Å². The molecule has 24 nitrogen and oxygen atoms in total. The molecule has 0 aliphatic carbocycles. The minimum absolute atomic E-state index is 0.00831. The summed E-state index contributed by atoms with van der Waals surface area (Å²) in [6, 6.07) is 16.8. The molecule has 0 saturated carbocycles. The summed E-state index contributed by atoms with van der Waals surface area (Å²) in [5.74, 6) is -3.87. The number of aldehydes is 1. The van der Waals surface area contributed by atoms with E-state index in [0.29, 0.717) is 101 Å². The van der Waals surface area contributed by atoms with Gasteiger partial charge in [-0.3, -0.25) is 43.8 Å². The number of pyridine rings is 1. The van der Waals surface area contributed by atoms with Crippen molar-refractivity contribution < 1.29 is 75.3 Å². The van der Waals surface area contributed by atoms with E-state index in [1.54, 1.807) is 12.1 Å². The number of nitro groups is 1. The molecule has 6 N–H and O–H groups in total. The van der Waals surface area contributed by atoms with Gasteiger partial charge in [-0.1, -0.05) is 47.5 Å². The third-order valence-electron chi connectivity index (χ3n) is 12.9. The van der Waals surface area contributed by atoms with Gasteiger partial charge in [-0.2, -0.15) is 13.2 Å². The minimum atomic E-state index is -4.69. The highest BCUT2D eigenvalue weighted by Gasteiger charge is 2.32. The van der Waals surface area contributed by atoms with Crippen LogP contribution in [0.3, 0.4) is 0 Å². The number of halogens is 5. The van der Waals surface area contributed by atoms with E-state index in [9.17, 15) is 56.8 Å². The molecule has 29 heteroatoms. The van der Waals surface area contributed by atoms with Crippen molar-refractivity contribution in [1.29, 1.82) is 0 Å². The number of para-hydroxylation sites is 2. The summed E-state index contributed by atoms with van der Waals surface area (Å²) in [5.41, 5.74) is 0.466. The molecule has 2 unspecified atom stereocenters. The molecule has 0 spiro atoms. The molecule has 6 amide bonds. The number of benzene rings is 3. The Morgan fingerprint density at radius 3 is 2.08 bits per heavy atom. The molecule has 3 aromatic carbocycles. The number of ether oxygens (including phenoxy) is 5. The number of rotatable bonds is 38. The molecular weight excluding hydrogens is 1180 g/mol. The Morgan fingerprint density at radius 1 is 0.744 bits per heavy atom. The number of anilines is 2. The summed E-state index contributed by atoms with van der Waals surface area (Å²) in [7, 11) is 0. The van der Waals surface area contributed by atoms with Crippen LogP contribution in [0.2, 0.25) is 10.0 Å². The van der Waals surface area contributed by atoms with Crippen LogP contribution in [0.15, 0.2) is 79.0 Å². The van der Waals surface area contributed by atoms with Crippen LogP contribution < -0.4 is 41.5 Å². The maximum Gasteiger partial charge on any atom is 0.417 e. The number of amides is 6. The number of hydrogen-bond acceptors (Lipinski definition) is 17. The van der Waals surface area contributed by atoms with Gasteiger partial charge in [0.05, 0.1) is 55.3 Å². The van der Waals surface area contributed by atoms with Crippen molar-refractivity contribution in [3.63, 3.8) is 0 Å². The summed E-state index contributed by atoms with van der Waals surface area (Å²) < 4.78 is 66.3. The van der Waals surface area contributed by atoms with Gasteiger partial charge in [0.15, 0.2) is 5.75 Å². The lowest BCUT2D eigenvalue weighted by atomic mass is 10.1. The molecule has 0 radical (unpaired) electrons. The Balaban J connectivity index is 1.02. The number of nitrogens with one attached hydrogen (secondary N) is 6. The molecule has 2 atom stereocenters. The molecule has 2 heterocycles. The highest BCUT2D eigenvalue weighted by Crippen LogP contribution is 2.37. The van der Waals surface area contributed by atoms with Gasteiger partial charge in [-0.25, -0.2) is 4.98 Å². The maximum absolute atomic E-state index is 13.4. The fraction of sp³-hybridized carbons (Fsp3) is 0.474. The Morgan fingerprint density at radius 2 is 1.41 bits per heavy atom. The number of hydrogen-bond donors (Lipinski definition) is 6. The molecule has 86 heavy (non-hydrogen) atoms. The Labute approximate surface area is 504 Å². The molecular formula is C57H71Cl2F3N10O14. The zero-order valence-corrected chi connectivity index (χ0v) is 48.9. The van der Waals surface area contributed by atoms with E-state index in [2.05, 4.69) is 41.8 Å². The second-order valence-corrected chi connectivity index (χ2v) is 20.3. The smallest absolute Gasteiger partial charge is 0.417 e. The van der Waals surface area contributed by atoms with E-state index >= 15 is 0 Å². The molecule has 1 saturated heterocycles. The predicted molar refractivity (Wildman–Crippen MR) is 311 cm³/mol. The Kier molecular flexibility index (Phi) is 29.9. The lowest BCUT2D eigenvalue weighted by molar-refractivity contribution is -0.384. The van der Waals surface area contributed by atoms with E-state index in [0.717, 1.165) is 12.1 Å². The van der Waals surface area contributed by atoms with Crippen LogP contribution in [0.4, 0.5) is 30.2 Å². The topological polar surface area (TPSA) is 300 Å². The molecule has 4 aromatic rings. The van der Waals surface area contributed by atoms with E-state index in [-0.39, 0.29) is 87.7 Å². The fourth-order valence-electron chi connectivity index (χ4n) is 8.50. The second-order valence-electron chi connectivity index (χ2n) is 19.4. The lowest BCUT2D eigenvalue weighted by Crippen LogP contribution is -2.48. The number of nitrogens with zero attached hydrogens (tertiary/aromatic N) is 4. The minimum Gasteiger partial charge on any atom is -0.435 e. The molecule has 468 valence electrons. The van der Waals surface area contributed by atoms with Crippen molar-refractivity contribution in [3.05, 3.63) is 116 Å². The summed E-state index contributed by atoms with van der Waals surface area (Å²) in [4.78, 5) is 108. The van der Waals surface area contributed by atoms with Crippen molar-refractivity contribution in [3.8, 4) is 11.6 Å². The van der Waals surface area contributed by atoms with Crippen molar-refractivity contribution in [2.45, 2.75) is 76.7 Å². The highest BCUT2D eigenvalue weighted by molar-refractivity contribution is 6.32. The summed E-state index contributed by atoms with van der Waals surface area (Å²) in [6.45, 7) is 5.81. The third-order valence-corrected chi connectivity index (χ3v) is 13.4. The normalized spacial score (nSPS) is 13.2. The SMILES string of the molecule is CCOCCOCC(=O)NC(C=O)CCCCNC(=O)C(CCCCNC(=O)CC(=O)Nc1ccccc1Oc1ncc(C(F)(F)F)cc1Cl)NC(=O)COCCOCCNC(=O)c1ccc(N2CCN(Cc3ccc(Cl)cc3)CC2)c([N+](=O)[O-])c1. The maximum atomic E-state index is 13.4. The van der Waals surface area contributed by atoms with Crippen LogP contribution in [-0.2, 0) is 60.4 Å². The first-order valence-electron chi connectivity index (χ1n) is 27.8. The first-order valence-corrected chi connectivity index (χ1v) is 28.6. The van der Waals surface area contributed by atoms with E-state index < -0.39 is 82.2 Å². The molecule has 5 rings (SSSR count). The van der Waals surface area contributed by atoms with E-state index in [1.807, 2.05) is 36.1 Å². The number of carbonyl (C=O) groups excluding carboxylic acids is 7. The van der Waals surface area contributed by atoms with Crippen molar-refractivity contribution in [2.24, 2.45) is 0 Å². The van der Waals surface area contributed by atoms with Gasteiger partial charge >= 0.3 is 6.18 Å². The number of nitro benzene ring substituents is 1. The van der Waals surface area contributed by atoms with Crippen molar-refractivity contribution in [2.75, 3.05) is 109 Å². The fourth-order valence-corrected chi connectivity index (χ4v) is 8.83. The Bertz CT molecular complexity index is 2870. The largest absolute Gasteiger partial charge is 0.435 e. The van der Waals surface area contributed by atoms with Gasteiger partial charge in [-0.15, -0.1) is 0 Å². The first kappa shape index (κ1) is 69.2. The first-order chi connectivity index (χ1) is 41.3. The quantitative estimate of drug-likeness (QED) is 0.00983. The zero-order valence-electron chi connectivity index (χ0n) is 47.4. The summed E-state index contributed by atoms with van der Waals surface area (Å²) in [6.07, 6.45) is -2.19. The molecule has 1 aromatic heterocycles.